The maximum Gasteiger partial charge on any atom is 0.188 e. The van der Waals surface area contributed by atoms with Gasteiger partial charge in [0.05, 0.1) is 10.6 Å². The summed E-state index contributed by atoms with van der Waals surface area (Å²) in [4.78, 5) is 17.4. The van der Waals surface area contributed by atoms with E-state index in [4.69, 9.17) is 0 Å². The van der Waals surface area contributed by atoms with Crippen LogP contribution in [-0.4, -0.2) is 15.9 Å². The number of aromatic hydroxyl groups is 1. The highest BCUT2D eigenvalue weighted by Crippen LogP contribution is 2.41. The molecule has 0 fully saturated rings. The lowest BCUT2D eigenvalue weighted by Crippen LogP contribution is -2.29. The molecule has 0 bridgehead atoms. The predicted octanol–water partition coefficient (Wildman–Crippen LogP) is 4.26. The molecule has 22 heavy (non-hydrogen) atoms. The van der Waals surface area contributed by atoms with Crippen LogP contribution in [-0.2, 0) is 6.42 Å². The number of hydrogen-bond acceptors (Lipinski definition) is 4. The van der Waals surface area contributed by atoms with Gasteiger partial charge in [-0.1, -0.05) is 13.8 Å². The van der Waals surface area contributed by atoms with Crippen LogP contribution in [0.15, 0.2) is 6.07 Å². The van der Waals surface area contributed by atoms with Gasteiger partial charge >= 0.3 is 0 Å². The molecule has 0 atom stereocenters. The number of carbonyl (C=O) groups excluding carboxylic acids is 1. The van der Waals surface area contributed by atoms with Gasteiger partial charge in [0.15, 0.2) is 23.2 Å². The largest absolute Gasteiger partial charge is 0.503 e. The zero-order chi connectivity index (χ0) is 16.2. The minimum absolute atomic E-state index is 0.0230. The van der Waals surface area contributed by atoms with Crippen molar-refractivity contribution >= 4 is 17.1 Å². The smallest absolute Gasteiger partial charge is 0.188 e. The number of aryl methyl sites for hydroxylation is 1. The average molecular weight is 323 g/mol. The van der Waals surface area contributed by atoms with E-state index in [0.29, 0.717) is 28.4 Å². The van der Waals surface area contributed by atoms with Crippen LogP contribution in [0.25, 0.3) is 10.6 Å². The van der Waals surface area contributed by atoms with Crippen molar-refractivity contribution in [2.24, 2.45) is 5.41 Å². The van der Waals surface area contributed by atoms with Crippen LogP contribution in [0, 0.1) is 24.0 Å². The quantitative estimate of drug-likeness (QED) is 0.853. The Kier molecular flexibility index (Phi) is 3.32. The molecule has 1 aliphatic carbocycles. The molecular formula is C16H15F2NO2S. The lowest BCUT2D eigenvalue weighted by Gasteiger charge is -2.26. The second-order valence-electron chi connectivity index (χ2n) is 6.20. The van der Waals surface area contributed by atoms with Gasteiger partial charge in [0.25, 0.3) is 0 Å². The zero-order valence-corrected chi connectivity index (χ0v) is 13.3. The molecule has 1 heterocycles. The first-order chi connectivity index (χ1) is 10.2. The molecule has 6 heteroatoms. The molecule has 1 aromatic carbocycles. The van der Waals surface area contributed by atoms with Crippen molar-refractivity contribution in [2.45, 2.75) is 33.6 Å². The minimum atomic E-state index is -1.03. The molecule has 0 spiro atoms. The molecule has 0 radical (unpaired) electrons. The molecule has 1 aromatic heterocycles. The summed E-state index contributed by atoms with van der Waals surface area (Å²) in [5, 5.41) is 9.72. The van der Waals surface area contributed by atoms with E-state index in [1.807, 2.05) is 13.8 Å². The molecule has 3 nitrogen and oxygen atoms in total. The van der Waals surface area contributed by atoms with Crippen LogP contribution in [0.5, 0.6) is 5.75 Å². The Morgan fingerprint density at radius 3 is 2.73 bits per heavy atom. The van der Waals surface area contributed by atoms with E-state index in [9.17, 15) is 18.7 Å². The van der Waals surface area contributed by atoms with Gasteiger partial charge in [0.1, 0.15) is 5.01 Å². The third-order valence-corrected chi connectivity index (χ3v) is 5.30. The number of aromatic nitrogens is 1. The molecule has 3 rings (SSSR count). The Balaban J connectivity index is 2.15. The number of hydrogen-bond donors (Lipinski definition) is 1. The van der Waals surface area contributed by atoms with Gasteiger partial charge in [-0.2, -0.15) is 0 Å². The minimum Gasteiger partial charge on any atom is -0.503 e. The summed E-state index contributed by atoms with van der Waals surface area (Å²) in [5.41, 5.74) is 0.657. The topological polar surface area (TPSA) is 50.2 Å². The Morgan fingerprint density at radius 1 is 1.36 bits per heavy atom. The SMILES string of the molecule is Cc1c(-c2nc3c(s2)C(=O)C(C)(C)CC3)cc(F)c(O)c1F. The normalized spacial score (nSPS) is 16.7. The van der Waals surface area contributed by atoms with Gasteiger partial charge in [-0.3, -0.25) is 4.79 Å². The van der Waals surface area contributed by atoms with Crippen LogP contribution >= 0.6 is 11.3 Å². The van der Waals surface area contributed by atoms with Crippen molar-refractivity contribution in [3.63, 3.8) is 0 Å². The predicted molar refractivity (Wildman–Crippen MR) is 80.3 cm³/mol. The number of phenols is 1. The Labute approximate surface area is 130 Å². The summed E-state index contributed by atoms with van der Waals surface area (Å²) < 4.78 is 27.4. The van der Waals surface area contributed by atoms with Crippen LogP contribution in [0.4, 0.5) is 8.78 Å². The third-order valence-electron chi connectivity index (χ3n) is 4.17. The lowest BCUT2D eigenvalue weighted by molar-refractivity contribution is 0.0815. The average Bonchev–Trinajstić information content (AvgIpc) is 2.89. The number of nitrogens with zero attached hydrogens (tertiary/aromatic N) is 1. The van der Waals surface area contributed by atoms with E-state index in [1.54, 1.807) is 0 Å². The summed E-state index contributed by atoms with van der Waals surface area (Å²) >= 11 is 1.16. The fourth-order valence-electron chi connectivity index (χ4n) is 2.59. The first kappa shape index (κ1) is 15.1. The van der Waals surface area contributed by atoms with Gasteiger partial charge in [-0.15, -0.1) is 11.3 Å². The van der Waals surface area contributed by atoms with Gasteiger partial charge < -0.3 is 5.11 Å². The number of rotatable bonds is 1. The fraction of sp³-hybridized carbons (Fsp3) is 0.375. The number of benzene rings is 1. The summed E-state index contributed by atoms with van der Waals surface area (Å²) in [6.07, 6.45) is 1.38. The maximum atomic E-state index is 13.8. The number of halogens is 2. The Bertz CT molecular complexity index is 796. The summed E-state index contributed by atoms with van der Waals surface area (Å²) in [6.45, 7) is 5.24. The standard InChI is InChI=1S/C16H15F2NO2S/c1-7-8(6-9(17)12(20)11(7)18)15-19-10-4-5-16(2,3)14(21)13(10)22-15/h6,20H,4-5H2,1-3H3. The van der Waals surface area contributed by atoms with Gasteiger partial charge in [-0.25, -0.2) is 13.8 Å². The van der Waals surface area contributed by atoms with Crippen molar-refractivity contribution in [2.75, 3.05) is 0 Å². The number of ketones is 1. The van der Waals surface area contributed by atoms with Gasteiger partial charge in [0.2, 0.25) is 0 Å². The number of phenolic OH excluding ortho intramolecular Hbond substituents is 1. The van der Waals surface area contributed by atoms with E-state index in [-0.39, 0.29) is 16.9 Å². The van der Waals surface area contributed by atoms with E-state index < -0.39 is 22.8 Å². The Hall–Kier alpha value is -1.82. The summed E-state index contributed by atoms with van der Waals surface area (Å²) in [5.74, 6) is -2.98. The molecule has 0 aliphatic heterocycles. The first-order valence-electron chi connectivity index (χ1n) is 6.95. The number of Topliss-reactive ketones (excluding diaryl/α,β-unsaturated/α-hetero) is 1. The Morgan fingerprint density at radius 2 is 2.05 bits per heavy atom. The maximum absolute atomic E-state index is 13.8. The van der Waals surface area contributed by atoms with E-state index in [1.165, 1.54) is 6.92 Å². The van der Waals surface area contributed by atoms with Crippen molar-refractivity contribution in [3.05, 3.63) is 33.8 Å². The second-order valence-corrected chi connectivity index (χ2v) is 7.20. The lowest BCUT2D eigenvalue weighted by atomic mass is 9.78. The van der Waals surface area contributed by atoms with Crippen LogP contribution < -0.4 is 0 Å². The number of carbonyl (C=O) groups is 1. The van der Waals surface area contributed by atoms with Crippen molar-refractivity contribution in [3.8, 4) is 16.3 Å². The zero-order valence-electron chi connectivity index (χ0n) is 12.5. The van der Waals surface area contributed by atoms with Crippen molar-refractivity contribution in [1.82, 2.24) is 4.98 Å². The summed E-state index contributed by atoms with van der Waals surface area (Å²) in [6, 6.07) is 1.06. The molecule has 0 unspecified atom stereocenters. The highest BCUT2D eigenvalue weighted by Gasteiger charge is 2.37. The second kappa shape index (κ2) is 4.84. The van der Waals surface area contributed by atoms with Crippen molar-refractivity contribution in [1.29, 1.82) is 0 Å². The molecule has 0 amide bonds. The molecule has 1 N–H and O–H groups in total. The fourth-order valence-corrected chi connectivity index (χ4v) is 3.90. The van der Waals surface area contributed by atoms with E-state index in [0.717, 1.165) is 17.4 Å². The highest BCUT2D eigenvalue weighted by molar-refractivity contribution is 7.17. The van der Waals surface area contributed by atoms with Crippen LogP contribution in [0.1, 0.15) is 41.2 Å². The summed E-state index contributed by atoms with van der Waals surface area (Å²) in [7, 11) is 0. The van der Waals surface area contributed by atoms with Crippen LogP contribution in [0.3, 0.4) is 0 Å². The van der Waals surface area contributed by atoms with E-state index in [2.05, 4.69) is 4.98 Å². The number of thiazole rings is 1. The third kappa shape index (κ3) is 2.13. The van der Waals surface area contributed by atoms with Gasteiger partial charge in [-0.05, 0) is 31.4 Å². The molecule has 0 saturated carbocycles. The van der Waals surface area contributed by atoms with Crippen molar-refractivity contribution < 1.29 is 18.7 Å². The first-order valence-corrected chi connectivity index (χ1v) is 7.76. The monoisotopic (exact) mass is 323 g/mol. The molecule has 1 aliphatic rings. The number of fused-ring (bicyclic) bond motifs is 1. The molecule has 116 valence electrons. The van der Waals surface area contributed by atoms with Crippen LogP contribution in [0.2, 0.25) is 0 Å². The molecule has 2 aromatic rings. The molecule has 0 saturated heterocycles. The molecular weight excluding hydrogens is 308 g/mol. The highest BCUT2D eigenvalue weighted by atomic mass is 32.1. The van der Waals surface area contributed by atoms with E-state index >= 15 is 0 Å². The van der Waals surface area contributed by atoms with Gasteiger partial charge in [0, 0.05) is 11.0 Å².